The first-order valence-electron chi connectivity index (χ1n) is 8.67. The molecule has 0 N–H and O–H groups in total. The molecule has 6 nitrogen and oxygen atoms in total. The maximum absolute atomic E-state index is 12.5. The monoisotopic (exact) mass is 336 g/mol. The van der Waals surface area contributed by atoms with Crippen LogP contribution >= 0.6 is 11.3 Å². The molecule has 4 rings (SSSR count). The molecule has 0 aromatic carbocycles. The summed E-state index contributed by atoms with van der Waals surface area (Å²) in [7, 11) is 0. The molecule has 23 heavy (non-hydrogen) atoms. The van der Waals surface area contributed by atoms with Crippen LogP contribution in [0.25, 0.3) is 0 Å². The number of hydrogen-bond acceptors (Lipinski definition) is 6. The number of nitrogens with zero attached hydrogens (tertiary/aromatic N) is 4. The minimum absolute atomic E-state index is 0.195. The van der Waals surface area contributed by atoms with Gasteiger partial charge in [0.2, 0.25) is 5.13 Å². The molecule has 3 fully saturated rings. The van der Waals surface area contributed by atoms with Gasteiger partial charge in [0.15, 0.2) is 0 Å². The van der Waals surface area contributed by atoms with E-state index in [0.29, 0.717) is 0 Å². The number of carbonyl (C=O) groups excluding carboxylic acids is 1. The van der Waals surface area contributed by atoms with Gasteiger partial charge in [0.05, 0.1) is 6.61 Å². The second-order valence-electron chi connectivity index (χ2n) is 7.08. The topological polar surface area (TPSA) is 58.6 Å². The molecule has 4 heterocycles. The molecule has 3 saturated heterocycles. The molecule has 0 radical (unpaired) electrons. The predicted octanol–water partition coefficient (Wildman–Crippen LogP) is 1.93. The number of aromatic nitrogens is 2. The second kappa shape index (κ2) is 6.36. The summed E-state index contributed by atoms with van der Waals surface area (Å²) in [6.45, 7) is 4.61. The molecule has 3 aliphatic rings. The Morgan fingerprint density at radius 3 is 2.61 bits per heavy atom. The summed E-state index contributed by atoms with van der Waals surface area (Å²) in [5.41, 5.74) is 2.06. The maximum atomic E-state index is 12.5. The van der Waals surface area contributed by atoms with Crippen LogP contribution in [-0.2, 0) is 9.53 Å². The third-order valence-corrected chi connectivity index (χ3v) is 6.41. The molecular weight excluding hydrogens is 312 g/mol. The molecule has 1 spiro atoms. The smallest absolute Gasteiger partial charge is 0.251 e. The molecule has 126 valence electrons. The summed E-state index contributed by atoms with van der Waals surface area (Å²) < 4.78 is 6.04. The summed E-state index contributed by atoms with van der Waals surface area (Å²) in [6, 6.07) is 0. The molecule has 0 unspecified atom stereocenters. The van der Waals surface area contributed by atoms with Crippen LogP contribution in [0, 0.1) is 5.41 Å². The first-order valence-corrected chi connectivity index (χ1v) is 9.55. The third kappa shape index (κ3) is 3.08. The van der Waals surface area contributed by atoms with Crippen molar-refractivity contribution in [2.75, 3.05) is 37.7 Å². The SMILES string of the molecule is O=C([C@@H]1CCC2(CCN(c3nncs3)CC2)CO1)N1CCCC1. The fourth-order valence-electron chi connectivity index (χ4n) is 4.08. The number of anilines is 1. The molecule has 0 saturated carbocycles. The molecular formula is C16H24N4O2S. The van der Waals surface area contributed by atoms with Crippen molar-refractivity contribution >= 4 is 22.4 Å². The lowest BCUT2D eigenvalue weighted by Crippen LogP contribution is -2.49. The van der Waals surface area contributed by atoms with E-state index in [4.69, 9.17) is 4.74 Å². The van der Waals surface area contributed by atoms with Crippen molar-refractivity contribution in [1.82, 2.24) is 15.1 Å². The highest BCUT2D eigenvalue weighted by Crippen LogP contribution is 2.41. The van der Waals surface area contributed by atoms with Crippen molar-refractivity contribution in [3.63, 3.8) is 0 Å². The first-order chi connectivity index (χ1) is 11.3. The van der Waals surface area contributed by atoms with E-state index < -0.39 is 0 Å². The normalized spacial score (nSPS) is 27.6. The number of ether oxygens (including phenoxy) is 1. The average Bonchev–Trinajstić information content (AvgIpc) is 3.30. The Balaban J connectivity index is 1.30. The van der Waals surface area contributed by atoms with E-state index >= 15 is 0 Å². The molecule has 1 atom stereocenters. The van der Waals surface area contributed by atoms with E-state index in [1.807, 2.05) is 4.90 Å². The molecule has 0 aliphatic carbocycles. The van der Waals surface area contributed by atoms with Crippen molar-refractivity contribution in [1.29, 1.82) is 0 Å². The lowest BCUT2D eigenvalue weighted by molar-refractivity contribution is -0.152. The van der Waals surface area contributed by atoms with E-state index in [0.717, 1.165) is 76.4 Å². The first kappa shape index (κ1) is 15.3. The highest BCUT2D eigenvalue weighted by atomic mass is 32.1. The van der Waals surface area contributed by atoms with Crippen molar-refractivity contribution in [2.45, 2.75) is 44.6 Å². The number of piperidine rings is 1. The Labute approximate surface area is 140 Å². The van der Waals surface area contributed by atoms with Crippen molar-refractivity contribution in [2.24, 2.45) is 5.41 Å². The zero-order chi connectivity index (χ0) is 15.7. The van der Waals surface area contributed by atoms with Crippen LogP contribution in [-0.4, -0.2) is 59.9 Å². The van der Waals surface area contributed by atoms with Crippen LogP contribution in [0.4, 0.5) is 5.13 Å². The third-order valence-electron chi connectivity index (χ3n) is 5.66. The van der Waals surface area contributed by atoms with Gasteiger partial charge in [0.1, 0.15) is 11.6 Å². The highest BCUT2D eigenvalue weighted by Gasteiger charge is 2.41. The molecule has 3 aliphatic heterocycles. The number of hydrogen-bond donors (Lipinski definition) is 0. The fourth-order valence-corrected chi connectivity index (χ4v) is 4.69. The Bertz CT molecular complexity index is 526. The second-order valence-corrected chi connectivity index (χ2v) is 7.89. The van der Waals surface area contributed by atoms with Gasteiger partial charge in [0, 0.05) is 26.2 Å². The standard InChI is InChI=1S/C16H24N4O2S/c21-14(19-7-1-2-8-19)13-3-4-16(11-22-13)5-9-20(10-6-16)15-18-17-12-23-15/h12-13H,1-11H2/t13-/m0/s1. The van der Waals surface area contributed by atoms with Crippen LogP contribution < -0.4 is 4.90 Å². The highest BCUT2D eigenvalue weighted by molar-refractivity contribution is 7.13. The zero-order valence-electron chi connectivity index (χ0n) is 13.4. The minimum atomic E-state index is -0.195. The Morgan fingerprint density at radius 1 is 1.22 bits per heavy atom. The number of carbonyl (C=O) groups is 1. The minimum Gasteiger partial charge on any atom is -0.368 e. The van der Waals surface area contributed by atoms with Crippen LogP contribution in [0.2, 0.25) is 0 Å². The Kier molecular flexibility index (Phi) is 4.24. The van der Waals surface area contributed by atoms with E-state index in [9.17, 15) is 4.79 Å². The number of rotatable bonds is 2. The van der Waals surface area contributed by atoms with Crippen LogP contribution in [0.5, 0.6) is 0 Å². The van der Waals surface area contributed by atoms with Crippen molar-refractivity contribution in [3.05, 3.63) is 5.51 Å². The molecule has 0 bridgehead atoms. The summed E-state index contributed by atoms with van der Waals surface area (Å²) >= 11 is 1.61. The molecule has 1 aromatic heterocycles. The fraction of sp³-hybridized carbons (Fsp3) is 0.812. The summed E-state index contributed by atoms with van der Waals surface area (Å²) in [5, 5.41) is 9.12. The summed E-state index contributed by atoms with van der Waals surface area (Å²) in [5.74, 6) is 0.226. The average molecular weight is 336 g/mol. The molecule has 1 aromatic rings. The quantitative estimate of drug-likeness (QED) is 0.826. The van der Waals surface area contributed by atoms with Crippen molar-refractivity contribution < 1.29 is 9.53 Å². The summed E-state index contributed by atoms with van der Waals surface area (Å²) in [6.07, 6.45) is 6.33. The lowest BCUT2D eigenvalue weighted by atomic mass is 9.73. The van der Waals surface area contributed by atoms with E-state index in [2.05, 4.69) is 15.1 Å². The van der Waals surface area contributed by atoms with Crippen molar-refractivity contribution in [3.8, 4) is 0 Å². The van der Waals surface area contributed by atoms with Gasteiger partial charge in [-0.1, -0.05) is 11.3 Å². The van der Waals surface area contributed by atoms with Gasteiger partial charge < -0.3 is 14.5 Å². The van der Waals surface area contributed by atoms with Gasteiger partial charge >= 0.3 is 0 Å². The van der Waals surface area contributed by atoms with Crippen LogP contribution in [0.1, 0.15) is 38.5 Å². The van der Waals surface area contributed by atoms with E-state index in [1.54, 1.807) is 16.8 Å². The van der Waals surface area contributed by atoms with Gasteiger partial charge in [-0.05, 0) is 43.9 Å². The number of amides is 1. The lowest BCUT2D eigenvalue weighted by Gasteiger charge is -2.45. The molecule has 7 heteroatoms. The predicted molar refractivity (Wildman–Crippen MR) is 88.6 cm³/mol. The van der Waals surface area contributed by atoms with Gasteiger partial charge in [0.25, 0.3) is 5.91 Å². The zero-order valence-corrected chi connectivity index (χ0v) is 14.3. The number of likely N-dealkylation sites (tertiary alicyclic amines) is 1. The van der Waals surface area contributed by atoms with Gasteiger partial charge in [-0.2, -0.15) is 0 Å². The Morgan fingerprint density at radius 2 is 2.00 bits per heavy atom. The van der Waals surface area contributed by atoms with Gasteiger partial charge in [-0.15, -0.1) is 10.2 Å². The van der Waals surface area contributed by atoms with Crippen LogP contribution in [0.3, 0.4) is 0 Å². The van der Waals surface area contributed by atoms with E-state index in [-0.39, 0.29) is 17.4 Å². The van der Waals surface area contributed by atoms with Gasteiger partial charge in [-0.25, -0.2) is 0 Å². The Hall–Kier alpha value is -1.21. The largest absolute Gasteiger partial charge is 0.368 e. The van der Waals surface area contributed by atoms with Crippen LogP contribution in [0.15, 0.2) is 5.51 Å². The van der Waals surface area contributed by atoms with Gasteiger partial charge in [-0.3, -0.25) is 4.79 Å². The molecule has 1 amide bonds. The summed E-state index contributed by atoms with van der Waals surface area (Å²) in [4.78, 5) is 16.8. The van der Waals surface area contributed by atoms with E-state index in [1.165, 1.54) is 0 Å². The maximum Gasteiger partial charge on any atom is 0.251 e.